The van der Waals surface area contributed by atoms with Gasteiger partial charge in [-0.25, -0.2) is 0 Å². The molecule has 1 aromatic carbocycles. The molecular weight excluding hydrogens is 200 g/mol. The van der Waals surface area contributed by atoms with Crippen molar-refractivity contribution in [2.24, 2.45) is 5.73 Å². The van der Waals surface area contributed by atoms with Crippen LogP contribution in [0.25, 0.3) is 0 Å². The van der Waals surface area contributed by atoms with E-state index in [0.29, 0.717) is 0 Å². The monoisotopic (exact) mass is 220 g/mol. The molecule has 2 atom stereocenters. The summed E-state index contributed by atoms with van der Waals surface area (Å²) in [7, 11) is 4.16. The Kier molecular flexibility index (Phi) is 3.46. The summed E-state index contributed by atoms with van der Waals surface area (Å²) < 4.78 is 5.95. The fraction of sp³-hybridized carbons (Fsp3) is 0.538. The maximum Gasteiger partial charge on any atom is 0.124 e. The van der Waals surface area contributed by atoms with Crippen LogP contribution in [0.3, 0.4) is 0 Å². The SMILES string of the molecule is CN(C)CCC1CC(N)c2ccccc2O1. The molecule has 0 saturated heterocycles. The molecule has 3 heteroatoms. The van der Waals surface area contributed by atoms with E-state index in [1.807, 2.05) is 18.2 Å². The molecule has 16 heavy (non-hydrogen) atoms. The zero-order valence-electron chi connectivity index (χ0n) is 10.0. The smallest absolute Gasteiger partial charge is 0.124 e. The predicted octanol–water partition coefficient (Wildman–Crippen LogP) is 1.79. The molecule has 2 unspecified atom stereocenters. The number of para-hydroxylation sites is 1. The lowest BCUT2D eigenvalue weighted by Gasteiger charge is -2.30. The van der Waals surface area contributed by atoms with E-state index in [-0.39, 0.29) is 12.1 Å². The van der Waals surface area contributed by atoms with Crippen LogP contribution in [-0.4, -0.2) is 31.6 Å². The maximum atomic E-state index is 6.15. The first kappa shape index (κ1) is 11.4. The van der Waals surface area contributed by atoms with Crippen LogP contribution in [0.4, 0.5) is 0 Å². The van der Waals surface area contributed by atoms with E-state index in [9.17, 15) is 0 Å². The van der Waals surface area contributed by atoms with Crippen LogP contribution in [-0.2, 0) is 0 Å². The average molecular weight is 220 g/mol. The minimum atomic E-state index is 0.122. The molecule has 3 nitrogen and oxygen atoms in total. The van der Waals surface area contributed by atoms with Crippen molar-refractivity contribution in [2.75, 3.05) is 20.6 Å². The van der Waals surface area contributed by atoms with E-state index in [4.69, 9.17) is 10.5 Å². The molecule has 0 radical (unpaired) electrons. The first-order valence-corrected chi connectivity index (χ1v) is 5.82. The fourth-order valence-electron chi connectivity index (χ4n) is 2.11. The summed E-state index contributed by atoms with van der Waals surface area (Å²) in [5.74, 6) is 0.963. The Morgan fingerprint density at radius 3 is 2.88 bits per heavy atom. The molecule has 1 aromatic rings. The largest absolute Gasteiger partial charge is 0.490 e. The van der Waals surface area contributed by atoms with Gasteiger partial charge < -0.3 is 15.4 Å². The molecule has 0 bridgehead atoms. The zero-order chi connectivity index (χ0) is 11.5. The molecule has 1 aliphatic heterocycles. The van der Waals surface area contributed by atoms with Crippen LogP contribution in [0.1, 0.15) is 24.4 Å². The Morgan fingerprint density at radius 2 is 2.12 bits per heavy atom. The van der Waals surface area contributed by atoms with Crippen molar-refractivity contribution in [3.8, 4) is 5.75 Å². The quantitative estimate of drug-likeness (QED) is 0.844. The van der Waals surface area contributed by atoms with Gasteiger partial charge in [0.25, 0.3) is 0 Å². The number of ether oxygens (including phenoxy) is 1. The average Bonchev–Trinajstić information content (AvgIpc) is 2.26. The number of hydrogen-bond acceptors (Lipinski definition) is 3. The van der Waals surface area contributed by atoms with Gasteiger partial charge in [0.05, 0.1) is 0 Å². The second-order valence-corrected chi connectivity index (χ2v) is 4.71. The highest BCUT2D eigenvalue weighted by Gasteiger charge is 2.25. The van der Waals surface area contributed by atoms with Crippen molar-refractivity contribution in [3.05, 3.63) is 29.8 Å². The lowest BCUT2D eigenvalue weighted by atomic mass is 9.96. The van der Waals surface area contributed by atoms with Gasteiger partial charge in [-0.1, -0.05) is 18.2 Å². The van der Waals surface area contributed by atoms with Crippen LogP contribution in [0, 0.1) is 0 Å². The van der Waals surface area contributed by atoms with Gasteiger partial charge >= 0.3 is 0 Å². The van der Waals surface area contributed by atoms with Crippen molar-refractivity contribution in [1.82, 2.24) is 4.90 Å². The summed E-state index contributed by atoms with van der Waals surface area (Å²) in [6.45, 7) is 1.04. The molecule has 0 fully saturated rings. The second-order valence-electron chi connectivity index (χ2n) is 4.71. The van der Waals surface area contributed by atoms with Crippen molar-refractivity contribution in [3.63, 3.8) is 0 Å². The summed E-state index contributed by atoms with van der Waals surface area (Å²) in [4.78, 5) is 2.18. The van der Waals surface area contributed by atoms with Crippen molar-refractivity contribution >= 4 is 0 Å². The Morgan fingerprint density at radius 1 is 1.38 bits per heavy atom. The third kappa shape index (κ3) is 2.54. The normalized spacial score (nSPS) is 24.0. The van der Waals surface area contributed by atoms with Crippen LogP contribution in [0.5, 0.6) is 5.75 Å². The van der Waals surface area contributed by atoms with Crippen LogP contribution in [0.15, 0.2) is 24.3 Å². The van der Waals surface area contributed by atoms with Crippen molar-refractivity contribution < 1.29 is 4.74 Å². The molecule has 0 aliphatic carbocycles. The standard InChI is InChI=1S/C13H20N2O/c1-15(2)8-7-10-9-12(14)11-5-3-4-6-13(11)16-10/h3-6,10,12H,7-9,14H2,1-2H3. The minimum absolute atomic E-state index is 0.122. The van der Waals surface area contributed by atoms with E-state index in [1.54, 1.807) is 0 Å². The molecule has 0 aromatic heterocycles. The third-order valence-corrected chi connectivity index (χ3v) is 3.03. The third-order valence-electron chi connectivity index (χ3n) is 3.03. The van der Waals surface area contributed by atoms with Gasteiger partial charge in [-0.15, -0.1) is 0 Å². The number of hydrogen-bond donors (Lipinski definition) is 1. The Labute approximate surface area is 97.2 Å². The fourth-order valence-corrected chi connectivity index (χ4v) is 2.11. The molecule has 1 heterocycles. The van der Waals surface area contributed by atoms with Crippen LogP contribution < -0.4 is 10.5 Å². The first-order valence-electron chi connectivity index (χ1n) is 5.82. The molecule has 1 aliphatic rings. The van der Waals surface area contributed by atoms with Gasteiger partial charge in [0.15, 0.2) is 0 Å². The molecular formula is C13H20N2O. The molecule has 0 amide bonds. The van der Waals surface area contributed by atoms with E-state index >= 15 is 0 Å². The first-order chi connectivity index (χ1) is 7.66. The predicted molar refractivity (Wildman–Crippen MR) is 65.6 cm³/mol. The van der Waals surface area contributed by atoms with Gasteiger partial charge in [0.1, 0.15) is 11.9 Å². The summed E-state index contributed by atoms with van der Waals surface area (Å²) in [6.07, 6.45) is 2.21. The summed E-state index contributed by atoms with van der Waals surface area (Å²) in [6, 6.07) is 8.21. The number of rotatable bonds is 3. The van der Waals surface area contributed by atoms with Crippen LogP contribution in [0.2, 0.25) is 0 Å². The molecule has 2 N–H and O–H groups in total. The maximum absolute atomic E-state index is 6.15. The Balaban J connectivity index is 2.03. The van der Waals surface area contributed by atoms with Gasteiger partial charge in [-0.3, -0.25) is 0 Å². The number of benzene rings is 1. The number of nitrogens with two attached hydrogens (primary N) is 1. The summed E-state index contributed by atoms with van der Waals surface area (Å²) in [5.41, 5.74) is 7.29. The van der Waals surface area contributed by atoms with Gasteiger partial charge in [-0.2, -0.15) is 0 Å². The zero-order valence-corrected chi connectivity index (χ0v) is 10.0. The highest BCUT2D eigenvalue weighted by Crippen LogP contribution is 2.33. The Hall–Kier alpha value is -1.06. The van der Waals surface area contributed by atoms with Gasteiger partial charge in [0.2, 0.25) is 0 Å². The Bertz CT molecular complexity index is 352. The van der Waals surface area contributed by atoms with Gasteiger partial charge in [-0.05, 0) is 26.6 Å². The van der Waals surface area contributed by atoms with E-state index in [2.05, 4.69) is 25.1 Å². The van der Waals surface area contributed by atoms with Crippen molar-refractivity contribution in [2.45, 2.75) is 25.0 Å². The summed E-state index contributed by atoms with van der Waals surface area (Å²) in [5, 5.41) is 0. The van der Waals surface area contributed by atoms with Gasteiger partial charge in [0, 0.05) is 24.6 Å². The highest BCUT2D eigenvalue weighted by molar-refractivity contribution is 5.37. The molecule has 0 saturated carbocycles. The molecule has 2 rings (SSSR count). The second kappa shape index (κ2) is 4.85. The highest BCUT2D eigenvalue weighted by atomic mass is 16.5. The lowest BCUT2D eigenvalue weighted by Crippen LogP contribution is -2.32. The van der Waals surface area contributed by atoms with E-state index < -0.39 is 0 Å². The van der Waals surface area contributed by atoms with E-state index in [1.165, 1.54) is 0 Å². The van der Waals surface area contributed by atoms with Crippen molar-refractivity contribution in [1.29, 1.82) is 0 Å². The minimum Gasteiger partial charge on any atom is -0.490 e. The number of fused-ring (bicyclic) bond motifs is 1. The lowest BCUT2D eigenvalue weighted by molar-refractivity contribution is 0.139. The number of nitrogens with zero attached hydrogens (tertiary/aromatic N) is 1. The van der Waals surface area contributed by atoms with E-state index in [0.717, 1.165) is 30.7 Å². The molecule has 0 spiro atoms. The summed E-state index contributed by atoms with van der Waals surface area (Å²) >= 11 is 0. The van der Waals surface area contributed by atoms with Crippen LogP contribution >= 0.6 is 0 Å². The topological polar surface area (TPSA) is 38.5 Å². The molecule has 88 valence electrons.